The molecular formula is C3H6F6N3P3. The largest absolute Gasteiger partial charge is 0.424 e. The van der Waals surface area contributed by atoms with Gasteiger partial charge in [0.15, 0.2) is 5.28 Å². The summed E-state index contributed by atoms with van der Waals surface area (Å²) in [5, 5.41) is -2.56. The number of hydrogen-bond acceptors (Lipinski definition) is 3. The van der Waals surface area contributed by atoms with Crippen molar-refractivity contribution in [2.24, 2.45) is 13.8 Å². The zero-order valence-corrected chi connectivity index (χ0v) is 10.1. The molecule has 1 rings (SSSR count). The minimum atomic E-state index is -5.95. The molecule has 0 radical (unpaired) electrons. The number of rotatable bonds is 0. The van der Waals surface area contributed by atoms with E-state index in [9.17, 15) is 25.2 Å². The van der Waals surface area contributed by atoms with Gasteiger partial charge < -0.3 is 0 Å². The molecule has 3 nitrogen and oxygen atoms in total. The fourth-order valence-electron chi connectivity index (χ4n) is 0.760. The minimum absolute atomic E-state index is 0.666. The van der Waals surface area contributed by atoms with Gasteiger partial charge in [0.2, 0.25) is 0 Å². The van der Waals surface area contributed by atoms with Crippen molar-refractivity contribution in [2.45, 2.75) is 19.1 Å². The Morgan fingerprint density at radius 1 is 0.800 bits per heavy atom. The van der Waals surface area contributed by atoms with Crippen LogP contribution in [0.4, 0.5) is 25.2 Å². The van der Waals surface area contributed by atoms with Gasteiger partial charge in [0.1, 0.15) is 0 Å². The predicted octanol–water partition coefficient (Wildman–Crippen LogP) is 6.48. The molecule has 12 heteroatoms. The molecule has 0 bridgehead atoms. The lowest BCUT2D eigenvalue weighted by Gasteiger charge is -2.20. The summed E-state index contributed by atoms with van der Waals surface area (Å²) >= 11 is 0. The predicted molar refractivity (Wildman–Crippen MR) is 48.8 cm³/mol. The van der Waals surface area contributed by atoms with Gasteiger partial charge in [-0.2, -0.15) is 8.39 Å². The summed E-state index contributed by atoms with van der Waals surface area (Å²) < 4.78 is 83.1. The average molecular weight is 291 g/mol. The average Bonchev–Trinajstić information content (AvgIpc) is 1.77. The van der Waals surface area contributed by atoms with E-state index in [-0.39, 0.29) is 0 Å². The fourth-order valence-corrected chi connectivity index (χ4v) is 5.72. The summed E-state index contributed by atoms with van der Waals surface area (Å²) in [6.45, 7) is 1.33. The quantitative estimate of drug-likeness (QED) is 0.362. The third-order valence-corrected chi connectivity index (χ3v) is 7.26. The molecular weight excluding hydrogens is 285 g/mol. The highest BCUT2D eigenvalue weighted by molar-refractivity contribution is 7.73. The highest BCUT2D eigenvalue weighted by Gasteiger charge is 2.48. The molecule has 1 aliphatic heterocycles. The van der Waals surface area contributed by atoms with Gasteiger partial charge in [0.05, 0.1) is 0 Å². The standard InChI is InChI=1S/C3H6F6N3P3/c1-3(2)10-14(6,7)12-15(8,9)11-13(3,4)5/h1-2H3. The first-order chi connectivity index (χ1) is 6.37. The Bertz CT molecular complexity index is 436. The van der Waals surface area contributed by atoms with Gasteiger partial charge in [-0.1, -0.05) is 0 Å². The lowest BCUT2D eigenvalue weighted by Crippen LogP contribution is -2.11. The second-order valence-electron chi connectivity index (χ2n) is 3.17. The fraction of sp³-hybridized carbons (Fsp3) is 1.00. The molecule has 0 aromatic rings. The van der Waals surface area contributed by atoms with E-state index >= 15 is 0 Å². The highest BCUT2D eigenvalue weighted by atomic mass is 31.3. The molecule has 0 aliphatic carbocycles. The molecule has 0 aromatic heterocycles. The molecule has 0 atom stereocenters. The summed E-state index contributed by atoms with van der Waals surface area (Å²) in [7, 11) is -17.2. The van der Waals surface area contributed by atoms with Gasteiger partial charge in [0, 0.05) is 0 Å². The molecule has 1 aliphatic rings. The summed E-state index contributed by atoms with van der Waals surface area (Å²) in [4.78, 5) is 0. The van der Waals surface area contributed by atoms with Crippen molar-refractivity contribution in [2.75, 3.05) is 0 Å². The highest BCUT2D eigenvalue weighted by Crippen LogP contribution is 2.81. The van der Waals surface area contributed by atoms with Crippen LogP contribution < -0.4 is 0 Å². The zero-order chi connectivity index (χ0) is 12.1. The summed E-state index contributed by atoms with van der Waals surface area (Å²) in [6.07, 6.45) is 0. The van der Waals surface area contributed by atoms with Gasteiger partial charge >= 0.3 is 23.3 Å². The second kappa shape index (κ2) is 3.38. The lowest BCUT2D eigenvalue weighted by atomic mass is 10.4. The Labute approximate surface area is 82.3 Å². The molecule has 1 heterocycles. The molecule has 0 amide bonds. The molecule has 15 heavy (non-hydrogen) atoms. The molecule has 0 unspecified atom stereocenters. The van der Waals surface area contributed by atoms with Crippen LogP contribution in [0.5, 0.6) is 0 Å². The van der Waals surface area contributed by atoms with Crippen molar-refractivity contribution in [3.8, 4) is 0 Å². The van der Waals surface area contributed by atoms with E-state index in [2.05, 4.69) is 4.74 Å². The van der Waals surface area contributed by atoms with Gasteiger partial charge in [-0.15, -0.1) is 25.8 Å². The molecule has 0 aromatic carbocycles. The molecule has 0 N–H and O–H groups in total. The lowest BCUT2D eigenvalue weighted by molar-refractivity contribution is 0.591. The number of hydrogen-bond donors (Lipinski definition) is 0. The van der Waals surface area contributed by atoms with Gasteiger partial charge in [-0.3, -0.25) is 0 Å². The van der Waals surface area contributed by atoms with E-state index in [4.69, 9.17) is 0 Å². The van der Waals surface area contributed by atoms with Crippen molar-refractivity contribution >= 4 is 23.3 Å². The van der Waals surface area contributed by atoms with E-state index in [1.807, 2.05) is 4.52 Å². The number of nitrogens with zero attached hydrogens (tertiary/aromatic N) is 3. The maximum absolute atomic E-state index is 13.1. The Kier molecular flexibility index (Phi) is 3.00. The van der Waals surface area contributed by atoms with E-state index in [0.29, 0.717) is 13.8 Å². The Morgan fingerprint density at radius 3 is 1.73 bits per heavy atom. The topological polar surface area (TPSA) is 37.1 Å². The van der Waals surface area contributed by atoms with Crippen LogP contribution in [0.15, 0.2) is 13.8 Å². The summed E-state index contributed by atoms with van der Waals surface area (Å²) in [5.74, 6) is 0. The van der Waals surface area contributed by atoms with Crippen LogP contribution in [0.2, 0.25) is 0 Å². The van der Waals surface area contributed by atoms with Crippen LogP contribution in [-0.2, 0) is 0 Å². The van der Waals surface area contributed by atoms with Crippen molar-refractivity contribution < 1.29 is 25.2 Å². The van der Waals surface area contributed by atoms with E-state index in [1.165, 1.54) is 0 Å². The maximum atomic E-state index is 13.1. The molecule has 0 spiro atoms. The molecule has 0 saturated heterocycles. The van der Waals surface area contributed by atoms with Crippen LogP contribution >= 0.6 is 23.3 Å². The van der Waals surface area contributed by atoms with Crippen LogP contribution in [0.3, 0.4) is 0 Å². The molecule has 0 fully saturated rings. The first-order valence-electron chi connectivity index (χ1n) is 3.46. The van der Waals surface area contributed by atoms with Crippen molar-refractivity contribution in [1.29, 1.82) is 0 Å². The minimum Gasteiger partial charge on any atom is -0.208 e. The van der Waals surface area contributed by atoms with Crippen molar-refractivity contribution in [1.82, 2.24) is 0 Å². The van der Waals surface area contributed by atoms with E-state index < -0.39 is 28.6 Å². The van der Waals surface area contributed by atoms with Crippen molar-refractivity contribution in [3.63, 3.8) is 0 Å². The van der Waals surface area contributed by atoms with Crippen LogP contribution in [-0.4, -0.2) is 5.28 Å². The monoisotopic (exact) mass is 291 g/mol. The first-order valence-corrected chi connectivity index (χ1v) is 7.94. The van der Waals surface area contributed by atoms with Crippen molar-refractivity contribution in [3.05, 3.63) is 0 Å². The Balaban J connectivity index is 3.63. The van der Waals surface area contributed by atoms with E-state index in [0.717, 1.165) is 0 Å². The Hall–Kier alpha value is 0.270. The summed E-state index contributed by atoms with van der Waals surface area (Å²) in [6, 6.07) is 0. The second-order valence-corrected chi connectivity index (χ2v) is 8.69. The molecule has 90 valence electrons. The normalized spacial score (nSPS) is 30.4. The SMILES string of the molecule is CC1(C)N=P(F)(F)N=P(F)(F)N=P1(F)F. The summed E-state index contributed by atoms with van der Waals surface area (Å²) in [5.41, 5.74) is 0. The van der Waals surface area contributed by atoms with Gasteiger partial charge in [0.25, 0.3) is 0 Å². The molecule has 0 saturated carbocycles. The Morgan fingerprint density at radius 2 is 1.27 bits per heavy atom. The zero-order valence-electron chi connectivity index (χ0n) is 7.45. The first kappa shape index (κ1) is 13.3. The van der Waals surface area contributed by atoms with Crippen LogP contribution in [0.25, 0.3) is 0 Å². The van der Waals surface area contributed by atoms with Gasteiger partial charge in [-0.05, 0) is 13.8 Å². The maximum Gasteiger partial charge on any atom is 0.424 e. The van der Waals surface area contributed by atoms with Gasteiger partial charge in [-0.25, -0.2) is 4.74 Å². The third kappa shape index (κ3) is 2.89. The van der Waals surface area contributed by atoms with E-state index in [1.54, 1.807) is 4.52 Å². The van der Waals surface area contributed by atoms with Crippen LogP contribution in [0, 0.1) is 0 Å². The number of halogens is 6. The smallest absolute Gasteiger partial charge is 0.208 e. The van der Waals surface area contributed by atoms with Crippen LogP contribution in [0.1, 0.15) is 13.8 Å². The third-order valence-electron chi connectivity index (χ3n) is 1.46.